The minimum absolute atomic E-state index is 0.137. The van der Waals surface area contributed by atoms with Crippen molar-refractivity contribution in [2.24, 2.45) is 0 Å². The van der Waals surface area contributed by atoms with Crippen LogP contribution in [-0.4, -0.2) is 23.2 Å². The number of nitrogens with zero attached hydrogens (tertiary/aromatic N) is 1. The number of hydrogen-bond donors (Lipinski definition) is 2. The van der Waals surface area contributed by atoms with E-state index >= 15 is 0 Å². The second-order valence-electron chi connectivity index (χ2n) is 6.32. The minimum Gasteiger partial charge on any atom is -0.497 e. The highest BCUT2D eigenvalue weighted by molar-refractivity contribution is 7.99. The van der Waals surface area contributed by atoms with Gasteiger partial charge in [-0.05, 0) is 48.5 Å². The van der Waals surface area contributed by atoms with E-state index in [9.17, 15) is 9.59 Å². The summed E-state index contributed by atoms with van der Waals surface area (Å²) in [5.74, 6) is 0.348. The van der Waals surface area contributed by atoms with Gasteiger partial charge in [-0.1, -0.05) is 41.6 Å². The van der Waals surface area contributed by atoms with E-state index in [4.69, 9.17) is 16.3 Å². The standard InChI is InChI=1S/C22H16ClN3O3S/c1-29-14-7-9-15(10-8-14)30-19-11-6-13(12-18(19)23)24-22(28)20-16-4-2-3-5-17(16)21(27)26-25-20/h2-12H,1H3,(H,24,28)(H,26,27). The Labute approximate surface area is 181 Å². The van der Waals surface area contributed by atoms with Crippen LogP contribution in [0.5, 0.6) is 5.75 Å². The molecule has 0 bridgehead atoms. The molecule has 0 spiro atoms. The fraction of sp³-hybridized carbons (Fsp3) is 0.0455. The fourth-order valence-corrected chi connectivity index (χ4v) is 4.03. The maximum atomic E-state index is 12.7. The van der Waals surface area contributed by atoms with Gasteiger partial charge in [0.1, 0.15) is 5.75 Å². The van der Waals surface area contributed by atoms with Gasteiger partial charge in [-0.15, -0.1) is 0 Å². The molecular weight excluding hydrogens is 422 g/mol. The van der Waals surface area contributed by atoms with Gasteiger partial charge in [0.25, 0.3) is 11.5 Å². The molecule has 0 aliphatic rings. The number of anilines is 1. The molecule has 2 N–H and O–H groups in total. The predicted molar refractivity (Wildman–Crippen MR) is 119 cm³/mol. The Balaban J connectivity index is 1.54. The molecule has 4 rings (SSSR count). The van der Waals surface area contributed by atoms with Crippen LogP contribution in [0.1, 0.15) is 10.5 Å². The highest BCUT2D eigenvalue weighted by atomic mass is 35.5. The number of halogens is 1. The van der Waals surface area contributed by atoms with E-state index in [0.29, 0.717) is 21.5 Å². The summed E-state index contributed by atoms with van der Waals surface area (Å²) >= 11 is 7.93. The van der Waals surface area contributed by atoms with Gasteiger partial charge in [0.05, 0.1) is 17.5 Å². The molecule has 0 fully saturated rings. The van der Waals surface area contributed by atoms with Gasteiger partial charge in [0.2, 0.25) is 0 Å². The molecule has 0 atom stereocenters. The van der Waals surface area contributed by atoms with Crippen LogP contribution in [0.2, 0.25) is 5.02 Å². The van der Waals surface area contributed by atoms with Crippen LogP contribution in [0, 0.1) is 0 Å². The number of carbonyl (C=O) groups is 1. The molecular formula is C22H16ClN3O3S. The molecule has 1 heterocycles. The molecule has 0 aliphatic carbocycles. The minimum atomic E-state index is -0.436. The smallest absolute Gasteiger partial charge is 0.276 e. The number of carbonyl (C=O) groups excluding carboxylic acids is 1. The molecule has 1 aromatic heterocycles. The van der Waals surface area contributed by atoms with Crippen LogP contribution in [0.25, 0.3) is 10.8 Å². The number of H-pyrrole nitrogens is 1. The number of ether oxygens (including phenoxy) is 1. The second-order valence-corrected chi connectivity index (χ2v) is 7.85. The lowest BCUT2D eigenvalue weighted by Crippen LogP contribution is -2.19. The summed E-state index contributed by atoms with van der Waals surface area (Å²) < 4.78 is 5.17. The average Bonchev–Trinajstić information content (AvgIpc) is 2.76. The maximum Gasteiger partial charge on any atom is 0.276 e. The molecule has 0 radical (unpaired) electrons. The Morgan fingerprint density at radius 1 is 1.07 bits per heavy atom. The number of fused-ring (bicyclic) bond motifs is 1. The first-order valence-corrected chi connectivity index (χ1v) is 10.1. The SMILES string of the molecule is COc1ccc(Sc2ccc(NC(=O)c3n[nH]c(=O)c4ccccc34)cc2Cl)cc1. The first kappa shape index (κ1) is 20.0. The van der Waals surface area contributed by atoms with Crippen molar-refractivity contribution in [2.75, 3.05) is 12.4 Å². The van der Waals surface area contributed by atoms with Crippen molar-refractivity contribution in [3.8, 4) is 5.75 Å². The van der Waals surface area contributed by atoms with Gasteiger partial charge in [0.15, 0.2) is 5.69 Å². The van der Waals surface area contributed by atoms with Crippen molar-refractivity contribution < 1.29 is 9.53 Å². The lowest BCUT2D eigenvalue weighted by molar-refractivity contribution is 0.102. The maximum absolute atomic E-state index is 12.7. The molecule has 0 unspecified atom stereocenters. The topological polar surface area (TPSA) is 84.1 Å². The van der Waals surface area contributed by atoms with Crippen LogP contribution >= 0.6 is 23.4 Å². The van der Waals surface area contributed by atoms with E-state index in [1.54, 1.807) is 43.5 Å². The molecule has 6 nitrogen and oxygen atoms in total. The van der Waals surface area contributed by atoms with Crippen molar-refractivity contribution in [3.63, 3.8) is 0 Å². The van der Waals surface area contributed by atoms with Crippen molar-refractivity contribution in [2.45, 2.75) is 9.79 Å². The monoisotopic (exact) mass is 437 g/mol. The zero-order valence-electron chi connectivity index (χ0n) is 15.8. The molecule has 1 amide bonds. The molecule has 4 aromatic rings. The summed E-state index contributed by atoms with van der Waals surface area (Å²) in [7, 11) is 1.62. The van der Waals surface area contributed by atoms with Crippen molar-refractivity contribution in [1.82, 2.24) is 10.2 Å². The number of rotatable bonds is 5. The van der Waals surface area contributed by atoms with Crippen LogP contribution < -0.4 is 15.6 Å². The Hall–Kier alpha value is -3.29. The molecule has 3 aromatic carbocycles. The summed E-state index contributed by atoms with van der Waals surface area (Å²) in [6.45, 7) is 0. The summed E-state index contributed by atoms with van der Waals surface area (Å²) in [4.78, 5) is 26.5. The highest BCUT2D eigenvalue weighted by Gasteiger charge is 2.15. The summed E-state index contributed by atoms with van der Waals surface area (Å²) in [6.07, 6.45) is 0. The number of aromatic nitrogens is 2. The summed E-state index contributed by atoms with van der Waals surface area (Å²) in [5, 5.41) is 10.5. The predicted octanol–water partition coefficient (Wildman–Crippen LogP) is 4.99. The number of benzene rings is 3. The average molecular weight is 438 g/mol. The van der Waals surface area contributed by atoms with E-state index in [-0.39, 0.29) is 11.3 Å². The van der Waals surface area contributed by atoms with Crippen LogP contribution in [0.15, 0.2) is 81.3 Å². The fourth-order valence-electron chi connectivity index (χ4n) is 2.91. The van der Waals surface area contributed by atoms with Crippen molar-refractivity contribution in [3.05, 3.63) is 87.8 Å². The number of aromatic amines is 1. The molecule has 8 heteroatoms. The lowest BCUT2D eigenvalue weighted by Gasteiger charge is -2.10. The molecule has 150 valence electrons. The van der Waals surface area contributed by atoms with Crippen LogP contribution in [0.3, 0.4) is 0 Å². The first-order chi connectivity index (χ1) is 14.5. The third-order valence-electron chi connectivity index (χ3n) is 4.39. The molecule has 30 heavy (non-hydrogen) atoms. The Bertz CT molecular complexity index is 1290. The number of nitrogens with one attached hydrogen (secondary N) is 2. The van der Waals surface area contributed by atoms with Gasteiger partial charge >= 0.3 is 0 Å². The van der Waals surface area contributed by atoms with E-state index in [1.807, 2.05) is 30.3 Å². The molecule has 0 aliphatic heterocycles. The second kappa shape index (κ2) is 8.61. The van der Waals surface area contributed by atoms with Gasteiger partial charge in [-0.3, -0.25) is 9.59 Å². The number of amides is 1. The van der Waals surface area contributed by atoms with Crippen LogP contribution in [-0.2, 0) is 0 Å². The lowest BCUT2D eigenvalue weighted by atomic mass is 10.1. The number of methoxy groups -OCH3 is 1. The van der Waals surface area contributed by atoms with Gasteiger partial charge in [-0.2, -0.15) is 5.10 Å². The number of hydrogen-bond acceptors (Lipinski definition) is 5. The van der Waals surface area contributed by atoms with Crippen molar-refractivity contribution in [1.29, 1.82) is 0 Å². The Kier molecular flexibility index (Phi) is 5.74. The quantitative estimate of drug-likeness (QED) is 0.459. The van der Waals surface area contributed by atoms with Crippen molar-refractivity contribution >= 4 is 45.7 Å². The van der Waals surface area contributed by atoms with Gasteiger partial charge < -0.3 is 10.1 Å². The molecule has 0 saturated heterocycles. The van der Waals surface area contributed by atoms with Gasteiger partial charge in [0, 0.05) is 20.9 Å². The normalized spacial score (nSPS) is 10.7. The zero-order valence-corrected chi connectivity index (χ0v) is 17.4. The summed E-state index contributed by atoms with van der Waals surface area (Å²) in [5.41, 5.74) is 0.323. The Morgan fingerprint density at radius 2 is 1.80 bits per heavy atom. The van der Waals surface area contributed by atoms with Crippen LogP contribution in [0.4, 0.5) is 5.69 Å². The highest BCUT2D eigenvalue weighted by Crippen LogP contribution is 2.35. The third kappa shape index (κ3) is 4.17. The van der Waals surface area contributed by atoms with Gasteiger partial charge in [-0.25, -0.2) is 5.10 Å². The zero-order chi connectivity index (χ0) is 21.1. The largest absolute Gasteiger partial charge is 0.497 e. The summed E-state index contributed by atoms with van der Waals surface area (Å²) in [6, 6.07) is 19.8. The van der Waals surface area contributed by atoms with E-state index in [1.165, 1.54) is 11.8 Å². The Morgan fingerprint density at radius 3 is 2.50 bits per heavy atom. The first-order valence-electron chi connectivity index (χ1n) is 8.95. The molecule has 0 saturated carbocycles. The van der Waals surface area contributed by atoms with E-state index in [2.05, 4.69) is 15.5 Å². The van der Waals surface area contributed by atoms with E-state index < -0.39 is 5.91 Å². The van der Waals surface area contributed by atoms with E-state index in [0.717, 1.165) is 15.5 Å². The third-order valence-corrected chi connectivity index (χ3v) is 5.90.